The minimum absolute atomic E-state index is 0.0226. The van der Waals surface area contributed by atoms with E-state index in [-0.39, 0.29) is 24.0 Å². The van der Waals surface area contributed by atoms with Gasteiger partial charge >= 0.3 is 11.9 Å². The van der Waals surface area contributed by atoms with Crippen molar-refractivity contribution in [2.24, 2.45) is 11.8 Å². The predicted octanol–water partition coefficient (Wildman–Crippen LogP) is 8.74. The summed E-state index contributed by atoms with van der Waals surface area (Å²) in [6.45, 7) is 10.9. The number of aliphatic carboxylic acids is 2. The van der Waals surface area contributed by atoms with Gasteiger partial charge in [0, 0.05) is 74.4 Å². The van der Waals surface area contributed by atoms with Crippen molar-refractivity contribution >= 4 is 41.4 Å². The Balaban J connectivity index is 0.000000195. The molecular formula is C50H54Cl2N4O11. The van der Waals surface area contributed by atoms with Crippen LogP contribution in [-0.4, -0.2) is 92.3 Å². The van der Waals surface area contributed by atoms with Gasteiger partial charge in [0.05, 0.1) is 34.1 Å². The fourth-order valence-electron chi connectivity index (χ4n) is 6.92. The number of aliphatic hydroxyl groups excluding tert-OH is 2. The van der Waals surface area contributed by atoms with Gasteiger partial charge < -0.3 is 44.3 Å². The second-order valence-corrected chi connectivity index (χ2v) is 17.7. The number of nitrogens with zero attached hydrogens (tertiary/aromatic N) is 3. The summed E-state index contributed by atoms with van der Waals surface area (Å²) in [5.41, 5.74) is 5.97. The van der Waals surface area contributed by atoms with Crippen LogP contribution in [0.3, 0.4) is 0 Å². The molecule has 2 aliphatic rings. The molecule has 0 aliphatic carbocycles. The number of aliphatic hydroxyl groups is 2. The molecule has 0 saturated carbocycles. The monoisotopic (exact) mass is 956 g/mol. The third-order valence-electron chi connectivity index (χ3n) is 10.7. The molecule has 2 aliphatic heterocycles. The van der Waals surface area contributed by atoms with Crippen LogP contribution < -0.4 is 14.8 Å². The summed E-state index contributed by atoms with van der Waals surface area (Å²) in [7, 11) is 0. The number of benzene rings is 4. The molecule has 0 amide bonds. The number of carbonyl (C=O) groups excluding carboxylic acids is 1. The number of hydrogen-bond donors (Lipinski definition) is 5. The number of halogens is 2. The van der Waals surface area contributed by atoms with Gasteiger partial charge in [-0.2, -0.15) is 0 Å². The number of carboxylic acid groups (broad SMARTS) is 2. The SMILES string of the molecule is CC(C)Oc1ccc(-c2cc(C(O)Cc3ccc(C=O)cc3)no2)cc1Cl.CC(C)Oc1ccc(-c2cc(C(O)Cc3ccc(CN4CC(C(=O)O)C4)cc3)no2)cc1Cl.O=C(O)C1CNC1. The first-order valence-corrected chi connectivity index (χ1v) is 22.5. The van der Waals surface area contributed by atoms with E-state index in [1.165, 1.54) is 0 Å². The topological polar surface area (TPSA) is 218 Å². The molecule has 354 valence electrons. The van der Waals surface area contributed by atoms with Gasteiger partial charge in [-0.1, -0.05) is 82.0 Å². The maximum Gasteiger partial charge on any atom is 0.309 e. The molecule has 6 aromatic rings. The lowest BCUT2D eigenvalue weighted by Gasteiger charge is -2.36. The van der Waals surface area contributed by atoms with Gasteiger partial charge in [-0.15, -0.1) is 0 Å². The quantitative estimate of drug-likeness (QED) is 0.0540. The minimum Gasteiger partial charge on any atom is -0.489 e. The van der Waals surface area contributed by atoms with E-state index in [0.29, 0.717) is 89.0 Å². The van der Waals surface area contributed by atoms with Crippen LogP contribution in [0.2, 0.25) is 10.0 Å². The van der Waals surface area contributed by atoms with E-state index in [2.05, 4.69) is 20.5 Å². The highest BCUT2D eigenvalue weighted by Gasteiger charge is 2.32. The molecule has 0 bridgehead atoms. The Bertz CT molecular complexity index is 2570. The average Bonchev–Trinajstić information content (AvgIpc) is 3.96. The van der Waals surface area contributed by atoms with E-state index in [4.69, 9.17) is 51.9 Å². The first-order valence-electron chi connectivity index (χ1n) is 21.8. The Kier molecular flexibility index (Phi) is 17.7. The molecule has 8 rings (SSSR count). The summed E-state index contributed by atoms with van der Waals surface area (Å²) in [6, 6.07) is 29.2. The largest absolute Gasteiger partial charge is 0.489 e. The summed E-state index contributed by atoms with van der Waals surface area (Å²) in [6.07, 6.45) is -0.0169. The zero-order valence-electron chi connectivity index (χ0n) is 37.5. The first kappa shape index (κ1) is 50.3. The summed E-state index contributed by atoms with van der Waals surface area (Å²) in [4.78, 5) is 33.7. The van der Waals surface area contributed by atoms with Crippen LogP contribution in [0.15, 0.2) is 106 Å². The van der Waals surface area contributed by atoms with Crippen LogP contribution in [0, 0.1) is 11.8 Å². The van der Waals surface area contributed by atoms with Gasteiger partial charge in [-0.25, -0.2) is 0 Å². The number of nitrogens with one attached hydrogen (secondary N) is 1. The number of carboxylic acids is 2. The number of carbonyl (C=O) groups is 3. The molecule has 0 spiro atoms. The maximum absolute atomic E-state index is 10.9. The fraction of sp³-hybridized carbons (Fsp3) is 0.340. The normalized spacial score (nSPS) is 14.7. The van der Waals surface area contributed by atoms with Crippen LogP contribution >= 0.6 is 23.2 Å². The third kappa shape index (κ3) is 14.5. The first-order chi connectivity index (χ1) is 32.0. The molecule has 2 atom stereocenters. The zero-order valence-corrected chi connectivity index (χ0v) is 39.0. The van der Waals surface area contributed by atoms with Crippen LogP contribution in [-0.2, 0) is 29.0 Å². The summed E-state index contributed by atoms with van der Waals surface area (Å²) in [5, 5.41) is 50.1. The highest BCUT2D eigenvalue weighted by Crippen LogP contribution is 2.34. The van der Waals surface area contributed by atoms with Crippen LogP contribution in [0.5, 0.6) is 11.5 Å². The Labute approximate surface area is 398 Å². The van der Waals surface area contributed by atoms with Gasteiger partial charge in [-0.05, 0) is 80.8 Å². The highest BCUT2D eigenvalue weighted by atomic mass is 35.5. The lowest BCUT2D eigenvalue weighted by molar-refractivity contribution is -0.148. The Morgan fingerprint density at radius 1 is 0.687 bits per heavy atom. The van der Waals surface area contributed by atoms with E-state index in [0.717, 1.165) is 40.6 Å². The Hall–Kier alpha value is -6.07. The molecule has 2 unspecified atom stereocenters. The second-order valence-electron chi connectivity index (χ2n) is 16.9. The van der Waals surface area contributed by atoms with Crippen LogP contribution in [0.25, 0.3) is 22.6 Å². The highest BCUT2D eigenvalue weighted by molar-refractivity contribution is 6.32. The molecule has 4 heterocycles. The van der Waals surface area contributed by atoms with Crippen molar-refractivity contribution in [1.82, 2.24) is 20.5 Å². The molecule has 0 radical (unpaired) electrons. The van der Waals surface area contributed by atoms with Crippen LogP contribution in [0.1, 0.15) is 78.3 Å². The van der Waals surface area contributed by atoms with Crippen molar-refractivity contribution in [2.45, 2.75) is 71.5 Å². The molecule has 15 nitrogen and oxygen atoms in total. The van der Waals surface area contributed by atoms with E-state index in [9.17, 15) is 24.6 Å². The summed E-state index contributed by atoms with van der Waals surface area (Å²) in [5.74, 6) is 0.466. The van der Waals surface area contributed by atoms with Crippen molar-refractivity contribution < 1.29 is 53.3 Å². The Morgan fingerprint density at radius 3 is 1.48 bits per heavy atom. The number of hydrogen-bond acceptors (Lipinski definition) is 13. The van der Waals surface area contributed by atoms with Gasteiger partial charge in [0.25, 0.3) is 0 Å². The van der Waals surface area contributed by atoms with Gasteiger partial charge in [0.2, 0.25) is 0 Å². The third-order valence-corrected chi connectivity index (χ3v) is 11.3. The predicted molar refractivity (Wildman–Crippen MR) is 251 cm³/mol. The van der Waals surface area contributed by atoms with Crippen LogP contribution in [0.4, 0.5) is 0 Å². The number of rotatable bonds is 17. The number of ether oxygens (including phenoxy) is 2. The second kappa shape index (κ2) is 23.6. The Morgan fingerprint density at radius 2 is 1.12 bits per heavy atom. The van der Waals surface area contributed by atoms with Crippen molar-refractivity contribution in [3.8, 4) is 34.1 Å². The maximum atomic E-state index is 10.9. The fourth-order valence-corrected chi connectivity index (χ4v) is 7.37. The molecule has 4 aromatic carbocycles. The minimum atomic E-state index is -0.816. The number of likely N-dealkylation sites (tertiary alicyclic amines) is 1. The summed E-state index contributed by atoms with van der Waals surface area (Å²) >= 11 is 12.6. The number of aromatic nitrogens is 2. The van der Waals surface area contributed by atoms with E-state index in [1.807, 2.05) is 64.1 Å². The van der Waals surface area contributed by atoms with E-state index in [1.54, 1.807) is 60.7 Å². The molecular weight excluding hydrogens is 903 g/mol. The molecule has 2 saturated heterocycles. The van der Waals surface area contributed by atoms with Gasteiger partial charge in [0.1, 0.15) is 41.4 Å². The van der Waals surface area contributed by atoms with E-state index < -0.39 is 24.1 Å². The standard InChI is InChI=1S/C25H27ClN2O5.C21H20ClNO4.C4H7NO2/c1-15(2)32-23-8-7-18(10-20(23)26)24-11-21(27-33-24)22(29)9-16-3-5-17(6-4-16)12-28-13-19(14-28)25(30)31;1-13(2)26-20-8-7-16(10-17(20)22)21-11-18(23-27-21)19(25)9-14-3-5-15(12-24)6-4-14;6-4(7)3-1-5-2-3/h3-8,10-11,15,19,22,29H,9,12-14H2,1-2H3,(H,30,31);3-8,10-13,19,25H,9H2,1-2H3;3,5H,1-2H2,(H,6,7). The van der Waals surface area contributed by atoms with Crippen molar-refractivity contribution in [2.75, 3.05) is 26.2 Å². The summed E-state index contributed by atoms with van der Waals surface area (Å²) < 4.78 is 22.1. The van der Waals surface area contributed by atoms with Crippen molar-refractivity contribution in [1.29, 1.82) is 0 Å². The zero-order chi connectivity index (χ0) is 48.2. The van der Waals surface area contributed by atoms with Gasteiger partial charge in [0.15, 0.2) is 11.5 Å². The molecule has 2 fully saturated rings. The van der Waals surface area contributed by atoms with E-state index >= 15 is 0 Å². The lowest BCUT2D eigenvalue weighted by Crippen LogP contribution is -2.49. The van der Waals surface area contributed by atoms with Crippen molar-refractivity contribution in [3.63, 3.8) is 0 Å². The van der Waals surface area contributed by atoms with Gasteiger partial charge in [-0.3, -0.25) is 19.3 Å². The smallest absolute Gasteiger partial charge is 0.309 e. The molecule has 2 aromatic heterocycles. The molecule has 5 N–H and O–H groups in total. The number of aldehydes is 1. The molecule has 17 heteroatoms. The molecule has 67 heavy (non-hydrogen) atoms. The lowest BCUT2D eigenvalue weighted by atomic mass is 9.99. The average molecular weight is 958 g/mol. The van der Waals surface area contributed by atoms with Crippen molar-refractivity contribution in [3.05, 3.63) is 141 Å².